The van der Waals surface area contributed by atoms with E-state index in [0.29, 0.717) is 25.2 Å². The first-order valence-corrected chi connectivity index (χ1v) is 10.1. The second kappa shape index (κ2) is 13.1. The van der Waals surface area contributed by atoms with Gasteiger partial charge in [-0.2, -0.15) is 0 Å². The number of esters is 1. The Balaban J connectivity index is 5.10. The number of carbonyl (C=O) groups excluding carboxylic acids is 1. The Kier molecular flexibility index (Phi) is 12.5. The average molecular weight is 369 g/mol. The molecule has 4 atom stereocenters. The van der Waals surface area contributed by atoms with Gasteiger partial charge in [0.2, 0.25) is 0 Å². The van der Waals surface area contributed by atoms with Crippen LogP contribution in [0.2, 0.25) is 0 Å². The first-order valence-electron chi connectivity index (χ1n) is 10.1. The summed E-state index contributed by atoms with van der Waals surface area (Å²) in [5.41, 5.74) is 0.202. The summed E-state index contributed by atoms with van der Waals surface area (Å²) in [4.78, 5) is 11.4. The minimum absolute atomic E-state index is 0.0305. The molecule has 0 aliphatic heterocycles. The fourth-order valence-corrected chi connectivity index (χ4v) is 3.34. The van der Waals surface area contributed by atoms with Crippen LogP contribution in [0.25, 0.3) is 0 Å². The van der Waals surface area contributed by atoms with Crippen molar-refractivity contribution in [1.29, 1.82) is 0 Å². The van der Waals surface area contributed by atoms with Crippen molar-refractivity contribution in [2.45, 2.75) is 91.3 Å². The maximum Gasteiger partial charge on any atom is 0.308 e. The quantitative estimate of drug-likeness (QED) is 0.362. The van der Waals surface area contributed by atoms with Gasteiger partial charge >= 0.3 is 5.97 Å². The molecule has 2 N–H and O–H groups in total. The summed E-state index contributed by atoms with van der Waals surface area (Å²) in [5, 5.41) is 21.4. The summed E-state index contributed by atoms with van der Waals surface area (Å²) >= 11 is 0. The molecule has 26 heavy (non-hydrogen) atoms. The largest absolute Gasteiger partial charge is 0.469 e. The molecular weight excluding hydrogens is 328 g/mol. The van der Waals surface area contributed by atoms with E-state index >= 15 is 0 Å². The Labute approximate surface area is 160 Å². The van der Waals surface area contributed by atoms with Gasteiger partial charge in [-0.3, -0.25) is 4.79 Å². The van der Waals surface area contributed by atoms with Gasteiger partial charge in [0, 0.05) is 0 Å². The molecule has 4 nitrogen and oxygen atoms in total. The van der Waals surface area contributed by atoms with Crippen LogP contribution in [0.15, 0.2) is 23.8 Å². The number of allylic oxidation sites excluding steroid dienone is 3. The zero-order chi connectivity index (χ0) is 20.2. The van der Waals surface area contributed by atoms with Crippen molar-refractivity contribution in [2.75, 3.05) is 7.11 Å². The van der Waals surface area contributed by atoms with Crippen LogP contribution < -0.4 is 0 Å². The van der Waals surface area contributed by atoms with E-state index in [9.17, 15) is 15.0 Å². The summed E-state index contributed by atoms with van der Waals surface area (Å²) in [6.45, 7) is 10.3. The molecule has 0 aromatic carbocycles. The highest BCUT2D eigenvalue weighted by Crippen LogP contribution is 2.30. The third-order valence-corrected chi connectivity index (χ3v) is 5.17. The third-order valence-electron chi connectivity index (χ3n) is 5.17. The second-order valence-corrected chi connectivity index (χ2v) is 7.38. The van der Waals surface area contributed by atoms with Gasteiger partial charge in [0.05, 0.1) is 25.2 Å². The molecule has 0 heterocycles. The van der Waals surface area contributed by atoms with Crippen molar-refractivity contribution in [3.63, 3.8) is 0 Å². The van der Waals surface area contributed by atoms with Crippen molar-refractivity contribution in [2.24, 2.45) is 11.8 Å². The SMILES string of the molecule is CC/C=C/[C@H](CC)C/C(C)=C/[C@@](O)(CC)C[C@@H](CC)[C@H](O)CC(=O)OC. The Morgan fingerprint density at radius 3 is 2.27 bits per heavy atom. The van der Waals surface area contributed by atoms with Crippen LogP contribution in [0.4, 0.5) is 0 Å². The van der Waals surface area contributed by atoms with Gasteiger partial charge in [-0.15, -0.1) is 0 Å². The summed E-state index contributed by atoms with van der Waals surface area (Å²) in [6, 6.07) is 0. The zero-order valence-corrected chi connectivity index (χ0v) is 17.6. The predicted octanol–water partition coefficient (Wildman–Crippen LogP) is 4.80. The molecule has 0 aromatic heterocycles. The van der Waals surface area contributed by atoms with E-state index in [1.54, 1.807) is 0 Å². The van der Waals surface area contributed by atoms with Crippen LogP contribution >= 0.6 is 0 Å². The Morgan fingerprint density at radius 2 is 1.81 bits per heavy atom. The molecule has 0 radical (unpaired) electrons. The molecule has 0 aromatic rings. The highest BCUT2D eigenvalue weighted by Gasteiger charge is 2.31. The highest BCUT2D eigenvalue weighted by molar-refractivity contribution is 5.69. The predicted molar refractivity (Wildman–Crippen MR) is 108 cm³/mol. The van der Waals surface area contributed by atoms with E-state index in [0.717, 1.165) is 19.3 Å². The topological polar surface area (TPSA) is 66.8 Å². The van der Waals surface area contributed by atoms with Gasteiger partial charge < -0.3 is 14.9 Å². The Bertz CT molecular complexity index is 455. The van der Waals surface area contributed by atoms with Gasteiger partial charge in [0.1, 0.15) is 0 Å². The van der Waals surface area contributed by atoms with Crippen LogP contribution in [0.5, 0.6) is 0 Å². The third kappa shape index (κ3) is 9.54. The smallest absolute Gasteiger partial charge is 0.308 e. The monoisotopic (exact) mass is 368 g/mol. The lowest BCUT2D eigenvalue weighted by Crippen LogP contribution is -2.34. The molecule has 0 aliphatic rings. The van der Waals surface area contributed by atoms with Gasteiger partial charge in [-0.25, -0.2) is 0 Å². The number of rotatable bonds is 13. The molecule has 0 saturated carbocycles. The lowest BCUT2D eigenvalue weighted by atomic mass is 9.81. The first kappa shape index (κ1) is 24.9. The van der Waals surface area contributed by atoms with Crippen LogP contribution in [-0.2, 0) is 9.53 Å². The molecule has 0 rings (SSSR count). The molecule has 0 unspecified atom stereocenters. The number of aliphatic hydroxyl groups excluding tert-OH is 1. The standard InChI is InChI=1S/C22H40O4/c1-7-11-12-18(8-2)13-17(5)15-22(25,10-4)16-19(9-3)20(23)14-21(24)26-6/h11-12,15,18-20,23,25H,7-10,13-14,16H2,1-6H3/b12-11+,17-15+/t18-,19+,20+,22-/m0/s1. The van der Waals surface area contributed by atoms with Gasteiger partial charge in [-0.05, 0) is 50.9 Å². The van der Waals surface area contributed by atoms with Crippen LogP contribution in [0.3, 0.4) is 0 Å². The number of hydrogen-bond donors (Lipinski definition) is 2. The zero-order valence-electron chi connectivity index (χ0n) is 17.6. The Hall–Kier alpha value is -1.13. The normalized spacial score (nSPS) is 18.4. The fraction of sp³-hybridized carbons (Fsp3) is 0.773. The number of carbonyl (C=O) groups is 1. The molecule has 0 fully saturated rings. The lowest BCUT2D eigenvalue weighted by Gasteiger charge is -2.31. The molecule has 152 valence electrons. The number of aliphatic hydroxyl groups is 2. The lowest BCUT2D eigenvalue weighted by molar-refractivity contribution is -0.144. The number of methoxy groups -OCH3 is 1. The molecule has 0 spiro atoms. The van der Waals surface area contributed by atoms with Crippen LogP contribution in [0.1, 0.15) is 79.6 Å². The van der Waals surface area contributed by atoms with Crippen LogP contribution in [-0.4, -0.2) is 35.0 Å². The van der Waals surface area contributed by atoms with Crippen molar-refractivity contribution >= 4 is 5.97 Å². The second-order valence-electron chi connectivity index (χ2n) is 7.38. The van der Waals surface area contributed by atoms with Crippen molar-refractivity contribution in [1.82, 2.24) is 0 Å². The van der Waals surface area contributed by atoms with E-state index in [1.165, 1.54) is 12.7 Å². The summed E-state index contributed by atoms with van der Waals surface area (Å²) in [5.74, 6) is -0.0829. The molecule has 0 saturated heterocycles. The maximum absolute atomic E-state index is 11.4. The first-order chi connectivity index (χ1) is 12.2. The summed E-state index contributed by atoms with van der Waals surface area (Å²) in [7, 11) is 1.32. The summed E-state index contributed by atoms with van der Waals surface area (Å²) < 4.78 is 4.65. The average Bonchev–Trinajstić information content (AvgIpc) is 2.62. The van der Waals surface area contributed by atoms with E-state index < -0.39 is 17.7 Å². The number of hydrogen-bond acceptors (Lipinski definition) is 4. The molecule has 0 bridgehead atoms. The van der Waals surface area contributed by atoms with E-state index in [-0.39, 0.29) is 12.3 Å². The number of ether oxygens (including phenoxy) is 1. The molecule has 0 amide bonds. The highest BCUT2D eigenvalue weighted by atomic mass is 16.5. The van der Waals surface area contributed by atoms with E-state index in [2.05, 4.69) is 37.7 Å². The fourth-order valence-electron chi connectivity index (χ4n) is 3.34. The van der Waals surface area contributed by atoms with Gasteiger partial charge in [0.15, 0.2) is 0 Å². The van der Waals surface area contributed by atoms with Crippen LogP contribution in [0, 0.1) is 11.8 Å². The summed E-state index contributed by atoms with van der Waals surface area (Å²) in [6.07, 6.45) is 10.3. The van der Waals surface area contributed by atoms with Gasteiger partial charge in [-0.1, -0.05) is 57.9 Å². The van der Waals surface area contributed by atoms with Crippen molar-refractivity contribution in [3.05, 3.63) is 23.8 Å². The van der Waals surface area contributed by atoms with Crippen molar-refractivity contribution in [3.8, 4) is 0 Å². The van der Waals surface area contributed by atoms with E-state index in [1.807, 2.05) is 19.9 Å². The molecule has 4 heteroatoms. The van der Waals surface area contributed by atoms with Crippen molar-refractivity contribution < 1.29 is 19.7 Å². The maximum atomic E-state index is 11.4. The van der Waals surface area contributed by atoms with E-state index in [4.69, 9.17) is 0 Å². The molecular formula is C22H40O4. The minimum Gasteiger partial charge on any atom is -0.469 e. The Morgan fingerprint density at radius 1 is 1.15 bits per heavy atom. The molecule has 0 aliphatic carbocycles. The van der Waals surface area contributed by atoms with Gasteiger partial charge in [0.25, 0.3) is 0 Å². The minimum atomic E-state index is -0.964.